The summed E-state index contributed by atoms with van der Waals surface area (Å²) < 4.78 is 11.4. The van der Waals surface area contributed by atoms with Crippen molar-refractivity contribution >= 4 is 5.97 Å². The number of carboxylic acids is 1. The molecule has 0 saturated heterocycles. The molecule has 0 amide bonds. The van der Waals surface area contributed by atoms with Gasteiger partial charge in [0, 0.05) is 11.8 Å². The number of hydrogen-bond donors (Lipinski definition) is 1. The number of nitrogens with zero attached hydrogens (tertiary/aromatic N) is 1. The minimum absolute atomic E-state index is 0.0748. The molecule has 2 rings (SSSR count). The van der Waals surface area contributed by atoms with Crippen LogP contribution in [-0.4, -0.2) is 29.9 Å². The molecule has 1 heterocycles. The minimum atomic E-state index is -1.19. The van der Waals surface area contributed by atoms with Crippen molar-refractivity contribution in [3.63, 3.8) is 0 Å². The molecule has 1 aromatic heterocycles. The molecule has 0 aliphatic carbocycles. The molecule has 0 atom stereocenters. The molecule has 0 bridgehead atoms. The summed E-state index contributed by atoms with van der Waals surface area (Å²) in [5, 5.41) is 9.19. The number of carbonyl (C=O) groups is 1. The molecule has 0 saturated carbocycles. The average Bonchev–Trinajstić information content (AvgIpc) is 2.47. The van der Waals surface area contributed by atoms with Gasteiger partial charge in [-0.05, 0) is 24.3 Å². The third-order valence-corrected chi connectivity index (χ3v) is 2.81. The Morgan fingerprint density at radius 3 is 2.30 bits per heavy atom. The lowest BCUT2D eigenvalue weighted by Crippen LogP contribution is -2.16. The lowest BCUT2D eigenvalue weighted by molar-refractivity contribution is 0.0687. The van der Waals surface area contributed by atoms with E-state index >= 15 is 0 Å². The van der Waals surface area contributed by atoms with Crippen LogP contribution in [-0.2, 0) is 0 Å². The highest BCUT2D eigenvalue weighted by Crippen LogP contribution is 2.18. The van der Waals surface area contributed by atoms with E-state index in [0.29, 0.717) is 11.4 Å². The molecule has 104 valence electrons. The van der Waals surface area contributed by atoms with Gasteiger partial charge >= 0.3 is 5.97 Å². The predicted octanol–water partition coefficient (Wildman–Crippen LogP) is 1.55. The molecule has 0 unspecified atom stereocenters. The SMILES string of the molecule is COc1ccc(-n2cc(OC)c(=O)cc2C(=O)O)cc1. The van der Waals surface area contributed by atoms with E-state index in [4.69, 9.17) is 9.47 Å². The first-order valence-electron chi connectivity index (χ1n) is 5.75. The van der Waals surface area contributed by atoms with Crippen LogP contribution in [0.3, 0.4) is 0 Å². The van der Waals surface area contributed by atoms with E-state index in [9.17, 15) is 14.7 Å². The molecule has 0 spiro atoms. The molecular formula is C14H13NO5. The average molecular weight is 275 g/mol. The van der Waals surface area contributed by atoms with Crippen LogP contribution < -0.4 is 14.9 Å². The summed E-state index contributed by atoms with van der Waals surface area (Å²) in [6.07, 6.45) is 1.35. The largest absolute Gasteiger partial charge is 0.497 e. The summed E-state index contributed by atoms with van der Waals surface area (Å²) in [7, 11) is 2.90. The van der Waals surface area contributed by atoms with Crippen molar-refractivity contribution in [2.45, 2.75) is 0 Å². The number of aromatic carboxylic acids is 1. The Morgan fingerprint density at radius 1 is 1.15 bits per heavy atom. The summed E-state index contributed by atoms with van der Waals surface area (Å²) in [5.41, 5.74) is -0.0304. The summed E-state index contributed by atoms with van der Waals surface area (Å²) in [4.78, 5) is 22.9. The van der Waals surface area contributed by atoms with Crippen LogP contribution in [0.15, 0.2) is 41.3 Å². The van der Waals surface area contributed by atoms with Gasteiger partial charge < -0.3 is 19.1 Å². The summed E-state index contributed by atoms with van der Waals surface area (Å²) in [5.74, 6) is -0.468. The van der Waals surface area contributed by atoms with Crippen LogP contribution in [0.2, 0.25) is 0 Å². The number of ether oxygens (including phenoxy) is 2. The molecule has 0 aliphatic rings. The van der Waals surface area contributed by atoms with Crippen LogP contribution in [0.5, 0.6) is 11.5 Å². The molecule has 2 aromatic rings. The normalized spacial score (nSPS) is 10.1. The molecule has 0 fully saturated rings. The van der Waals surface area contributed by atoms with Gasteiger partial charge in [-0.15, -0.1) is 0 Å². The topological polar surface area (TPSA) is 77.8 Å². The van der Waals surface area contributed by atoms with E-state index in [0.717, 1.165) is 6.07 Å². The van der Waals surface area contributed by atoms with E-state index in [1.54, 1.807) is 31.4 Å². The molecule has 20 heavy (non-hydrogen) atoms. The van der Waals surface area contributed by atoms with Gasteiger partial charge in [0.05, 0.1) is 20.4 Å². The summed E-state index contributed by atoms with van der Waals surface area (Å²) >= 11 is 0. The number of carboxylic acid groups (broad SMARTS) is 1. The highest BCUT2D eigenvalue weighted by molar-refractivity contribution is 5.86. The van der Waals surface area contributed by atoms with Gasteiger partial charge in [0.15, 0.2) is 5.75 Å². The number of methoxy groups -OCH3 is 2. The van der Waals surface area contributed by atoms with Crippen molar-refractivity contribution in [1.29, 1.82) is 0 Å². The number of hydrogen-bond acceptors (Lipinski definition) is 4. The fourth-order valence-electron chi connectivity index (χ4n) is 1.79. The van der Waals surface area contributed by atoms with Crippen molar-refractivity contribution in [3.8, 4) is 17.2 Å². The maximum absolute atomic E-state index is 11.6. The van der Waals surface area contributed by atoms with Crippen LogP contribution >= 0.6 is 0 Å². The second-order valence-electron chi connectivity index (χ2n) is 3.96. The first kappa shape index (κ1) is 13.7. The van der Waals surface area contributed by atoms with Crippen LogP contribution in [0.4, 0.5) is 0 Å². The van der Waals surface area contributed by atoms with Gasteiger partial charge in [-0.2, -0.15) is 0 Å². The molecule has 0 radical (unpaired) electrons. The van der Waals surface area contributed by atoms with Crippen LogP contribution in [0.1, 0.15) is 10.5 Å². The maximum Gasteiger partial charge on any atom is 0.353 e. The Labute approximate surface area is 114 Å². The Bertz CT molecular complexity index is 688. The third-order valence-electron chi connectivity index (χ3n) is 2.81. The predicted molar refractivity (Wildman–Crippen MR) is 72.1 cm³/mol. The monoisotopic (exact) mass is 275 g/mol. The van der Waals surface area contributed by atoms with E-state index in [1.165, 1.54) is 17.9 Å². The molecule has 6 heteroatoms. The lowest BCUT2D eigenvalue weighted by Gasteiger charge is -2.12. The zero-order chi connectivity index (χ0) is 14.7. The minimum Gasteiger partial charge on any atom is -0.497 e. The van der Waals surface area contributed by atoms with E-state index in [-0.39, 0.29) is 11.4 Å². The summed E-state index contributed by atoms with van der Waals surface area (Å²) in [6.45, 7) is 0. The van der Waals surface area contributed by atoms with Crippen molar-refractivity contribution in [2.75, 3.05) is 14.2 Å². The standard InChI is InChI=1S/C14H13NO5/c1-19-10-5-3-9(4-6-10)15-8-13(20-2)12(16)7-11(15)14(17)18/h3-8H,1-2H3,(H,17,18). The Hall–Kier alpha value is -2.76. The van der Waals surface area contributed by atoms with Crippen molar-refractivity contribution in [3.05, 3.63) is 52.4 Å². The Kier molecular flexibility index (Phi) is 3.74. The molecule has 6 nitrogen and oxygen atoms in total. The second kappa shape index (κ2) is 5.48. The zero-order valence-electron chi connectivity index (χ0n) is 11.0. The van der Waals surface area contributed by atoms with Crippen molar-refractivity contribution in [2.24, 2.45) is 0 Å². The molecular weight excluding hydrogens is 262 g/mol. The van der Waals surface area contributed by atoms with Crippen LogP contribution in [0.25, 0.3) is 5.69 Å². The van der Waals surface area contributed by atoms with Gasteiger partial charge in [0.25, 0.3) is 0 Å². The number of aromatic nitrogens is 1. The first-order valence-corrected chi connectivity index (χ1v) is 5.75. The fourth-order valence-corrected chi connectivity index (χ4v) is 1.79. The quantitative estimate of drug-likeness (QED) is 0.916. The number of rotatable bonds is 4. The lowest BCUT2D eigenvalue weighted by atomic mass is 10.2. The second-order valence-corrected chi connectivity index (χ2v) is 3.96. The smallest absolute Gasteiger partial charge is 0.353 e. The van der Waals surface area contributed by atoms with Crippen molar-refractivity contribution in [1.82, 2.24) is 4.57 Å². The number of pyridine rings is 1. The Balaban J connectivity index is 2.63. The van der Waals surface area contributed by atoms with E-state index in [2.05, 4.69) is 0 Å². The van der Waals surface area contributed by atoms with Crippen LogP contribution in [0, 0.1) is 0 Å². The van der Waals surface area contributed by atoms with E-state index in [1.807, 2.05) is 0 Å². The van der Waals surface area contributed by atoms with Gasteiger partial charge in [-0.25, -0.2) is 4.79 Å². The molecule has 1 aromatic carbocycles. The number of benzene rings is 1. The fraction of sp³-hybridized carbons (Fsp3) is 0.143. The zero-order valence-corrected chi connectivity index (χ0v) is 11.0. The van der Waals surface area contributed by atoms with Gasteiger partial charge in [-0.3, -0.25) is 4.79 Å². The van der Waals surface area contributed by atoms with E-state index < -0.39 is 11.4 Å². The Morgan fingerprint density at radius 2 is 1.80 bits per heavy atom. The highest BCUT2D eigenvalue weighted by Gasteiger charge is 2.14. The van der Waals surface area contributed by atoms with Gasteiger partial charge in [0.2, 0.25) is 5.43 Å². The van der Waals surface area contributed by atoms with Crippen molar-refractivity contribution < 1.29 is 19.4 Å². The molecule has 0 aliphatic heterocycles. The van der Waals surface area contributed by atoms with Gasteiger partial charge in [0.1, 0.15) is 11.4 Å². The summed E-state index contributed by atoms with van der Waals surface area (Å²) in [6, 6.07) is 7.81. The molecule has 1 N–H and O–H groups in total. The highest BCUT2D eigenvalue weighted by atomic mass is 16.5. The maximum atomic E-state index is 11.6. The third kappa shape index (κ3) is 2.49. The van der Waals surface area contributed by atoms with Gasteiger partial charge in [-0.1, -0.05) is 0 Å². The first-order chi connectivity index (χ1) is 9.56.